The van der Waals surface area contributed by atoms with Gasteiger partial charge in [0, 0.05) is 19.6 Å². The molecule has 1 aromatic rings. The zero-order valence-electron chi connectivity index (χ0n) is 11.5. The molecule has 1 saturated heterocycles. The standard InChI is InChI=1S/C13H20ClN5/c1-10(2)6-7-15-12-16-11(14)17-13(18-12)19-8-4-3-5-9-19/h6H,3-5,7-9H2,1-2H3,(H,15,16,17,18). The number of anilines is 2. The van der Waals surface area contributed by atoms with Crippen LogP contribution >= 0.6 is 11.6 Å². The summed E-state index contributed by atoms with van der Waals surface area (Å²) in [5.41, 5.74) is 1.25. The van der Waals surface area contributed by atoms with E-state index in [4.69, 9.17) is 11.6 Å². The third-order valence-corrected chi connectivity index (χ3v) is 3.17. The van der Waals surface area contributed by atoms with Gasteiger partial charge >= 0.3 is 0 Å². The van der Waals surface area contributed by atoms with Gasteiger partial charge in [0.15, 0.2) is 0 Å². The summed E-state index contributed by atoms with van der Waals surface area (Å²) in [6.07, 6.45) is 5.73. The van der Waals surface area contributed by atoms with E-state index in [1.165, 1.54) is 24.8 Å². The van der Waals surface area contributed by atoms with Gasteiger partial charge in [0.05, 0.1) is 0 Å². The molecule has 1 aliphatic heterocycles. The van der Waals surface area contributed by atoms with Crippen molar-refractivity contribution in [3.05, 3.63) is 16.9 Å². The number of piperidine rings is 1. The highest BCUT2D eigenvalue weighted by Gasteiger charge is 2.15. The van der Waals surface area contributed by atoms with Gasteiger partial charge in [-0.1, -0.05) is 11.6 Å². The van der Waals surface area contributed by atoms with Crippen molar-refractivity contribution in [1.82, 2.24) is 15.0 Å². The molecule has 0 atom stereocenters. The molecule has 6 heteroatoms. The van der Waals surface area contributed by atoms with E-state index in [2.05, 4.69) is 45.1 Å². The molecule has 104 valence electrons. The Morgan fingerprint density at radius 2 is 1.95 bits per heavy atom. The molecule has 0 radical (unpaired) electrons. The van der Waals surface area contributed by atoms with Crippen LogP contribution in [0, 0.1) is 0 Å². The Hall–Kier alpha value is -1.36. The summed E-state index contributed by atoms with van der Waals surface area (Å²) in [4.78, 5) is 14.9. The lowest BCUT2D eigenvalue weighted by molar-refractivity contribution is 0.567. The highest BCUT2D eigenvalue weighted by molar-refractivity contribution is 6.28. The summed E-state index contributed by atoms with van der Waals surface area (Å²) >= 11 is 5.97. The minimum atomic E-state index is 0.246. The van der Waals surface area contributed by atoms with Crippen molar-refractivity contribution in [2.75, 3.05) is 29.9 Å². The fourth-order valence-corrected chi connectivity index (χ4v) is 2.16. The van der Waals surface area contributed by atoms with Gasteiger partial charge in [-0.25, -0.2) is 0 Å². The number of rotatable bonds is 4. The summed E-state index contributed by atoms with van der Waals surface area (Å²) in [5.74, 6) is 1.22. The summed E-state index contributed by atoms with van der Waals surface area (Å²) in [5, 5.41) is 3.39. The molecular weight excluding hydrogens is 262 g/mol. The first kappa shape index (κ1) is 14.1. The van der Waals surface area contributed by atoms with Gasteiger partial charge in [0.25, 0.3) is 0 Å². The third-order valence-electron chi connectivity index (χ3n) is 3.01. The number of nitrogens with zero attached hydrogens (tertiary/aromatic N) is 4. The first-order valence-electron chi connectivity index (χ1n) is 6.69. The van der Waals surface area contributed by atoms with Crippen LogP contribution in [0.15, 0.2) is 11.6 Å². The van der Waals surface area contributed by atoms with Gasteiger partial charge < -0.3 is 10.2 Å². The lowest BCUT2D eigenvalue weighted by atomic mass is 10.1. The van der Waals surface area contributed by atoms with Crippen molar-refractivity contribution >= 4 is 23.5 Å². The Bertz CT molecular complexity index is 450. The van der Waals surface area contributed by atoms with Gasteiger partial charge in [-0.2, -0.15) is 15.0 Å². The van der Waals surface area contributed by atoms with Crippen molar-refractivity contribution in [3.63, 3.8) is 0 Å². The Kier molecular flexibility index (Phi) is 4.96. The molecular formula is C13H20ClN5. The summed E-state index contributed by atoms with van der Waals surface area (Å²) < 4.78 is 0. The van der Waals surface area contributed by atoms with E-state index in [-0.39, 0.29) is 5.28 Å². The molecule has 1 aliphatic rings. The maximum atomic E-state index is 5.97. The van der Waals surface area contributed by atoms with Crippen LogP contribution in [0.4, 0.5) is 11.9 Å². The molecule has 1 fully saturated rings. The van der Waals surface area contributed by atoms with Crippen LogP contribution in [0.2, 0.25) is 5.28 Å². The van der Waals surface area contributed by atoms with Crippen LogP contribution < -0.4 is 10.2 Å². The van der Waals surface area contributed by atoms with E-state index in [0.29, 0.717) is 18.4 Å². The molecule has 2 rings (SSSR count). The molecule has 0 spiro atoms. The predicted molar refractivity (Wildman–Crippen MR) is 78.8 cm³/mol. The molecule has 5 nitrogen and oxygen atoms in total. The van der Waals surface area contributed by atoms with Crippen LogP contribution in [-0.4, -0.2) is 34.6 Å². The maximum absolute atomic E-state index is 5.97. The fraction of sp³-hybridized carbons (Fsp3) is 0.615. The maximum Gasteiger partial charge on any atom is 0.231 e. The number of nitrogens with one attached hydrogen (secondary N) is 1. The number of hydrogen-bond acceptors (Lipinski definition) is 5. The third kappa shape index (κ3) is 4.35. The lowest BCUT2D eigenvalue weighted by Crippen LogP contribution is -2.31. The van der Waals surface area contributed by atoms with Crippen molar-refractivity contribution in [2.45, 2.75) is 33.1 Å². The van der Waals surface area contributed by atoms with E-state index < -0.39 is 0 Å². The molecule has 0 aliphatic carbocycles. The molecule has 19 heavy (non-hydrogen) atoms. The number of halogens is 1. The van der Waals surface area contributed by atoms with Crippen molar-refractivity contribution in [3.8, 4) is 0 Å². The quantitative estimate of drug-likeness (QED) is 0.860. The van der Waals surface area contributed by atoms with Gasteiger partial charge in [-0.05, 0) is 44.7 Å². The molecule has 0 saturated carbocycles. The number of aromatic nitrogens is 3. The van der Waals surface area contributed by atoms with Crippen LogP contribution in [0.5, 0.6) is 0 Å². The van der Waals surface area contributed by atoms with Crippen LogP contribution in [0.25, 0.3) is 0 Å². The summed E-state index contributed by atoms with van der Waals surface area (Å²) in [6.45, 7) is 6.80. The minimum absolute atomic E-state index is 0.246. The van der Waals surface area contributed by atoms with Crippen LogP contribution in [-0.2, 0) is 0 Å². The van der Waals surface area contributed by atoms with Crippen molar-refractivity contribution < 1.29 is 0 Å². The SMILES string of the molecule is CC(C)=CCNc1nc(Cl)nc(N2CCCCC2)n1. The number of allylic oxidation sites excluding steroid dienone is 1. The smallest absolute Gasteiger partial charge is 0.231 e. The Labute approximate surface area is 119 Å². The van der Waals surface area contributed by atoms with E-state index in [1.54, 1.807) is 0 Å². The predicted octanol–water partition coefficient (Wildman–Crippen LogP) is 2.89. The normalized spacial score (nSPS) is 15.2. The Balaban J connectivity index is 2.07. The second-order valence-corrected chi connectivity index (χ2v) is 5.28. The van der Waals surface area contributed by atoms with Gasteiger partial charge in [-0.3, -0.25) is 0 Å². The Morgan fingerprint density at radius 1 is 1.21 bits per heavy atom. The molecule has 0 unspecified atom stereocenters. The largest absolute Gasteiger partial charge is 0.351 e. The van der Waals surface area contributed by atoms with Crippen molar-refractivity contribution in [1.29, 1.82) is 0 Å². The second-order valence-electron chi connectivity index (χ2n) is 4.94. The van der Waals surface area contributed by atoms with E-state index in [1.807, 2.05) is 0 Å². The highest BCUT2D eigenvalue weighted by Crippen LogP contribution is 2.18. The van der Waals surface area contributed by atoms with Crippen LogP contribution in [0.3, 0.4) is 0 Å². The Morgan fingerprint density at radius 3 is 2.63 bits per heavy atom. The fourth-order valence-electron chi connectivity index (χ4n) is 2.00. The monoisotopic (exact) mass is 281 g/mol. The first-order chi connectivity index (χ1) is 9.15. The molecule has 0 aromatic carbocycles. The molecule has 0 bridgehead atoms. The summed E-state index contributed by atoms with van der Waals surface area (Å²) in [7, 11) is 0. The van der Waals surface area contributed by atoms with E-state index in [0.717, 1.165) is 13.1 Å². The molecule has 1 N–H and O–H groups in total. The van der Waals surface area contributed by atoms with Gasteiger partial charge in [0.1, 0.15) is 0 Å². The van der Waals surface area contributed by atoms with Gasteiger partial charge in [0.2, 0.25) is 17.2 Å². The van der Waals surface area contributed by atoms with E-state index in [9.17, 15) is 0 Å². The lowest BCUT2D eigenvalue weighted by Gasteiger charge is -2.26. The van der Waals surface area contributed by atoms with Gasteiger partial charge in [-0.15, -0.1) is 0 Å². The summed E-state index contributed by atoms with van der Waals surface area (Å²) in [6, 6.07) is 0. The minimum Gasteiger partial charge on any atom is -0.351 e. The zero-order valence-corrected chi connectivity index (χ0v) is 12.2. The zero-order chi connectivity index (χ0) is 13.7. The average Bonchev–Trinajstić information content (AvgIpc) is 2.39. The number of hydrogen-bond donors (Lipinski definition) is 1. The molecule has 1 aromatic heterocycles. The first-order valence-corrected chi connectivity index (χ1v) is 7.07. The van der Waals surface area contributed by atoms with Crippen molar-refractivity contribution in [2.24, 2.45) is 0 Å². The van der Waals surface area contributed by atoms with E-state index >= 15 is 0 Å². The van der Waals surface area contributed by atoms with Crippen LogP contribution in [0.1, 0.15) is 33.1 Å². The highest BCUT2D eigenvalue weighted by atomic mass is 35.5. The molecule has 2 heterocycles. The second kappa shape index (κ2) is 6.70. The molecule has 0 amide bonds. The average molecular weight is 282 g/mol. The topological polar surface area (TPSA) is 53.9 Å².